The van der Waals surface area contributed by atoms with E-state index in [9.17, 15) is 0 Å². The van der Waals surface area contributed by atoms with E-state index in [1.165, 1.54) is 43.6 Å². The van der Waals surface area contributed by atoms with Crippen molar-refractivity contribution in [2.24, 2.45) is 5.92 Å². The zero-order valence-corrected chi connectivity index (χ0v) is 14.3. The molecule has 3 rings (SSSR count). The minimum Gasteiger partial charge on any atom is -0.372 e. The van der Waals surface area contributed by atoms with E-state index in [1.54, 1.807) is 0 Å². The minimum absolute atomic E-state index is 0. The van der Waals surface area contributed by atoms with E-state index in [4.69, 9.17) is 0 Å². The van der Waals surface area contributed by atoms with Crippen LogP contribution in [-0.4, -0.2) is 32.2 Å². The fourth-order valence-corrected chi connectivity index (χ4v) is 3.27. The second-order valence-electron chi connectivity index (χ2n) is 6.42. The molecule has 2 aliphatic heterocycles. The Kier molecular flexibility index (Phi) is 6.96. The van der Waals surface area contributed by atoms with Gasteiger partial charge in [0.25, 0.3) is 0 Å². The first-order chi connectivity index (χ1) is 10.3. The molecule has 22 heavy (non-hydrogen) atoms. The summed E-state index contributed by atoms with van der Waals surface area (Å²) in [6.45, 7) is 7.76. The average molecular weight is 325 g/mol. The summed E-state index contributed by atoms with van der Waals surface area (Å²) in [6, 6.07) is 9.66. The van der Waals surface area contributed by atoms with Crippen LogP contribution in [0, 0.1) is 5.92 Å². The standard InChI is InChI=1S/C17H28N4.ClH/c1-14-16(13-19-20-14)12-18-11-15-5-7-17(8-6-15)21-9-3-2-4-10-21;/h5-8,14,16,18-20H,2-4,9-13H2,1H3;1H. The number of benzene rings is 1. The zero-order chi connectivity index (χ0) is 14.5. The van der Waals surface area contributed by atoms with Gasteiger partial charge >= 0.3 is 0 Å². The molecule has 0 amide bonds. The van der Waals surface area contributed by atoms with Crippen LogP contribution in [0.1, 0.15) is 31.7 Å². The molecule has 1 aromatic carbocycles. The lowest BCUT2D eigenvalue weighted by molar-refractivity contribution is 0.454. The van der Waals surface area contributed by atoms with E-state index < -0.39 is 0 Å². The van der Waals surface area contributed by atoms with Crippen molar-refractivity contribution in [3.8, 4) is 0 Å². The highest BCUT2D eigenvalue weighted by molar-refractivity contribution is 5.85. The van der Waals surface area contributed by atoms with Gasteiger partial charge in [-0.3, -0.25) is 10.9 Å². The van der Waals surface area contributed by atoms with Crippen LogP contribution in [0.25, 0.3) is 0 Å². The maximum absolute atomic E-state index is 3.58. The van der Waals surface area contributed by atoms with Crippen LogP contribution in [-0.2, 0) is 6.54 Å². The molecule has 0 bridgehead atoms. The second kappa shape index (κ2) is 8.73. The molecule has 0 spiro atoms. The largest absolute Gasteiger partial charge is 0.372 e. The predicted octanol–water partition coefficient (Wildman–Crippen LogP) is 2.30. The quantitative estimate of drug-likeness (QED) is 0.777. The van der Waals surface area contributed by atoms with Crippen LogP contribution in [0.15, 0.2) is 24.3 Å². The molecule has 2 heterocycles. The second-order valence-corrected chi connectivity index (χ2v) is 6.42. The van der Waals surface area contributed by atoms with Gasteiger partial charge in [-0.2, -0.15) is 0 Å². The minimum atomic E-state index is 0. The number of hydrogen-bond acceptors (Lipinski definition) is 4. The summed E-state index contributed by atoms with van der Waals surface area (Å²) in [6.07, 6.45) is 4.07. The van der Waals surface area contributed by atoms with E-state index in [0.29, 0.717) is 12.0 Å². The first-order valence-electron chi connectivity index (χ1n) is 8.36. The molecule has 0 aliphatic carbocycles. The molecule has 5 heteroatoms. The highest BCUT2D eigenvalue weighted by Crippen LogP contribution is 2.20. The number of hydrogen-bond donors (Lipinski definition) is 3. The van der Waals surface area contributed by atoms with E-state index >= 15 is 0 Å². The molecule has 0 aromatic heterocycles. The van der Waals surface area contributed by atoms with Gasteiger partial charge in [0.05, 0.1) is 0 Å². The molecule has 124 valence electrons. The van der Waals surface area contributed by atoms with Crippen molar-refractivity contribution < 1.29 is 0 Å². The number of piperidine rings is 1. The van der Waals surface area contributed by atoms with Crippen molar-refractivity contribution in [3.05, 3.63) is 29.8 Å². The summed E-state index contributed by atoms with van der Waals surface area (Å²) in [5, 5.41) is 3.58. The average Bonchev–Trinajstić information content (AvgIpc) is 2.94. The Bertz CT molecular complexity index is 431. The molecule has 4 nitrogen and oxygen atoms in total. The summed E-state index contributed by atoms with van der Waals surface area (Å²) in [4.78, 5) is 2.51. The molecule has 3 N–H and O–H groups in total. The van der Waals surface area contributed by atoms with Crippen LogP contribution in [0.2, 0.25) is 0 Å². The Labute approximate surface area is 140 Å². The molecule has 2 unspecified atom stereocenters. The number of nitrogens with one attached hydrogen (secondary N) is 3. The number of halogens is 1. The Morgan fingerprint density at radius 1 is 1.14 bits per heavy atom. The fraction of sp³-hybridized carbons (Fsp3) is 0.647. The summed E-state index contributed by atoms with van der Waals surface area (Å²) in [7, 11) is 0. The normalized spacial score (nSPS) is 25.0. The predicted molar refractivity (Wildman–Crippen MR) is 95.6 cm³/mol. The maximum Gasteiger partial charge on any atom is 0.0366 e. The van der Waals surface area contributed by atoms with Crippen LogP contribution in [0.4, 0.5) is 5.69 Å². The van der Waals surface area contributed by atoms with Crippen LogP contribution in [0.3, 0.4) is 0 Å². The third-order valence-corrected chi connectivity index (χ3v) is 4.79. The van der Waals surface area contributed by atoms with E-state index in [1.807, 2.05) is 0 Å². The third kappa shape index (κ3) is 4.59. The number of nitrogens with zero attached hydrogens (tertiary/aromatic N) is 1. The zero-order valence-electron chi connectivity index (χ0n) is 13.5. The Hall–Kier alpha value is -0.810. The van der Waals surface area contributed by atoms with Gasteiger partial charge < -0.3 is 10.2 Å². The molecule has 2 atom stereocenters. The molecular weight excluding hydrogens is 296 g/mol. The Morgan fingerprint density at radius 3 is 2.50 bits per heavy atom. The fourth-order valence-electron chi connectivity index (χ4n) is 3.27. The smallest absolute Gasteiger partial charge is 0.0366 e. The van der Waals surface area contributed by atoms with E-state index in [2.05, 4.69) is 52.3 Å². The summed E-state index contributed by atoms with van der Waals surface area (Å²) < 4.78 is 0. The Balaban J connectivity index is 0.00000176. The van der Waals surface area contributed by atoms with Gasteiger partial charge in [0.1, 0.15) is 0 Å². The molecule has 2 saturated heterocycles. The first-order valence-corrected chi connectivity index (χ1v) is 8.36. The third-order valence-electron chi connectivity index (χ3n) is 4.79. The SMILES string of the molecule is CC1NNCC1CNCc1ccc(N2CCCCC2)cc1.Cl. The van der Waals surface area contributed by atoms with Crippen molar-refractivity contribution in [1.82, 2.24) is 16.2 Å². The van der Waals surface area contributed by atoms with E-state index in [-0.39, 0.29) is 12.4 Å². The topological polar surface area (TPSA) is 39.3 Å². The highest BCUT2D eigenvalue weighted by atomic mass is 35.5. The van der Waals surface area contributed by atoms with Gasteiger partial charge in [0.2, 0.25) is 0 Å². The monoisotopic (exact) mass is 324 g/mol. The first kappa shape index (κ1) is 17.5. The van der Waals surface area contributed by atoms with Crippen LogP contribution >= 0.6 is 12.4 Å². The Morgan fingerprint density at radius 2 is 1.86 bits per heavy atom. The maximum atomic E-state index is 3.58. The van der Waals surface area contributed by atoms with Crippen LogP contribution < -0.4 is 21.1 Å². The van der Waals surface area contributed by atoms with Crippen molar-refractivity contribution >= 4 is 18.1 Å². The summed E-state index contributed by atoms with van der Waals surface area (Å²) >= 11 is 0. The van der Waals surface area contributed by atoms with Gasteiger partial charge in [-0.05, 0) is 43.9 Å². The lowest BCUT2D eigenvalue weighted by Crippen LogP contribution is -2.32. The highest BCUT2D eigenvalue weighted by Gasteiger charge is 2.21. The van der Waals surface area contributed by atoms with Crippen molar-refractivity contribution in [1.29, 1.82) is 0 Å². The van der Waals surface area contributed by atoms with Gasteiger partial charge in [0.15, 0.2) is 0 Å². The van der Waals surface area contributed by atoms with Gasteiger partial charge in [-0.25, -0.2) is 0 Å². The molecule has 0 saturated carbocycles. The van der Waals surface area contributed by atoms with Gasteiger partial charge in [-0.15, -0.1) is 12.4 Å². The number of hydrazine groups is 1. The van der Waals surface area contributed by atoms with Crippen molar-refractivity contribution in [3.63, 3.8) is 0 Å². The molecule has 0 radical (unpaired) electrons. The molecular formula is C17H29ClN4. The number of anilines is 1. The molecule has 1 aromatic rings. The lowest BCUT2D eigenvalue weighted by Gasteiger charge is -2.28. The van der Waals surface area contributed by atoms with Crippen molar-refractivity contribution in [2.45, 2.75) is 38.8 Å². The van der Waals surface area contributed by atoms with Crippen molar-refractivity contribution in [2.75, 3.05) is 31.1 Å². The van der Waals surface area contributed by atoms with E-state index in [0.717, 1.165) is 19.6 Å². The van der Waals surface area contributed by atoms with Crippen LogP contribution in [0.5, 0.6) is 0 Å². The summed E-state index contributed by atoms with van der Waals surface area (Å²) in [5.41, 5.74) is 9.25. The molecule has 2 fully saturated rings. The van der Waals surface area contributed by atoms with Gasteiger partial charge in [0, 0.05) is 50.4 Å². The van der Waals surface area contributed by atoms with Gasteiger partial charge in [-0.1, -0.05) is 12.1 Å². The lowest BCUT2D eigenvalue weighted by atomic mass is 10.0. The number of rotatable bonds is 5. The summed E-state index contributed by atoms with van der Waals surface area (Å²) in [5.74, 6) is 0.678. The molecule has 2 aliphatic rings.